The van der Waals surface area contributed by atoms with Gasteiger partial charge in [0.25, 0.3) is 5.91 Å². The number of nitrogens with one attached hydrogen (secondary N) is 1. The van der Waals surface area contributed by atoms with Crippen molar-refractivity contribution in [3.05, 3.63) is 40.3 Å². The number of aryl methyl sites for hydroxylation is 1. The number of carbonyl (C=O) groups is 1. The summed E-state index contributed by atoms with van der Waals surface area (Å²) in [5, 5.41) is 10.8. The monoisotopic (exact) mass is 284 g/mol. The van der Waals surface area contributed by atoms with Crippen molar-refractivity contribution < 1.29 is 4.79 Å². The van der Waals surface area contributed by atoms with Gasteiger partial charge in [0.2, 0.25) is 0 Å². The standard InChI is InChI=1S/C11H10Cl2N4O/c1-2-17-6-7(12)5-8(17)11(18)14-10-4-3-9(13)15-16-10/h3-6H,2H2,1H3,(H,14,16,18). The topological polar surface area (TPSA) is 59.8 Å². The van der Waals surface area contributed by atoms with Gasteiger partial charge in [0.1, 0.15) is 5.69 Å². The van der Waals surface area contributed by atoms with Crippen molar-refractivity contribution in [1.29, 1.82) is 0 Å². The number of anilines is 1. The Labute approximate surface area is 114 Å². The van der Waals surface area contributed by atoms with Crippen molar-refractivity contribution in [3.8, 4) is 0 Å². The molecule has 2 rings (SSSR count). The largest absolute Gasteiger partial charge is 0.342 e. The zero-order chi connectivity index (χ0) is 13.1. The van der Waals surface area contributed by atoms with E-state index in [1.807, 2.05) is 6.92 Å². The van der Waals surface area contributed by atoms with Gasteiger partial charge in [-0.2, -0.15) is 0 Å². The van der Waals surface area contributed by atoms with Gasteiger partial charge in [0.15, 0.2) is 11.0 Å². The highest BCUT2D eigenvalue weighted by Crippen LogP contribution is 2.15. The molecule has 7 heteroatoms. The van der Waals surface area contributed by atoms with E-state index in [1.165, 1.54) is 0 Å². The number of aromatic nitrogens is 3. The zero-order valence-corrected chi connectivity index (χ0v) is 11.0. The lowest BCUT2D eigenvalue weighted by atomic mass is 10.4. The van der Waals surface area contributed by atoms with Crippen LogP contribution in [-0.2, 0) is 6.54 Å². The van der Waals surface area contributed by atoms with Gasteiger partial charge in [0, 0.05) is 12.7 Å². The van der Waals surface area contributed by atoms with Crippen LogP contribution in [0.2, 0.25) is 10.2 Å². The maximum atomic E-state index is 12.0. The van der Waals surface area contributed by atoms with Crippen molar-refractivity contribution >= 4 is 34.9 Å². The summed E-state index contributed by atoms with van der Waals surface area (Å²) in [6.45, 7) is 2.58. The Morgan fingerprint density at radius 3 is 2.78 bits per heavy atom. The first-order valence-corrected chi connectivity index (χ1v) is 6.02. The van der Waals surface area contributed by atoms with E-state index in [2.05, 4.69) is 15.5 Å². The van der Waals surface area contributed by atoms with Gasteiger partial charge in [-0.3, -0.25) is 4.79 Å². The molecule has 0 aliphatic heterocycles. The lowest BCUT2D eigenvalue weighted by Crippen LogP contribution is -2.17. The van der Waals surface area contributed by atoms with Crippen molar-refractivity contribution in [2.75, 3.05) is 5.32 Å². The van der Waals surface area contributed by atoms with E-state index in [1.54, 1.807) is 29.0 Å². The van der Waals surface area contributed by atoms with Gasteiger partial charge < -0.3 is 9.88 Å². The molecule has 0 saturated heterocycles. The Balaban J connectivity index is 2.19. The summed E-state index contributed by atoms with van der Waals surface area (Å²) in [6.07, 6.45) is 1.70. The summed E-state index contributed by atoms with van der Waals surface area (Å²) in [7, 11) is 0. The third-order valence-corrected chi connectivity index (χ3v) is 2.72. The first kappa shape index (κ1) is 12.9. The van der Waals surface area contributed by atoms with Gasteiger partial charge in [-0.1, -0.05) is 23.2 Å². The minimum Gasteiger partial charge on any atom is -0.342 e. The Morgan fingerprint density at radius 1 is 1.39 bits per heavy atom. The lowest BCUT2D eigenvalue weighted by Gasteiger charge is -2.06. The van der Waals surface area contributed by atoms with Crippen LogP contribution in [0.4, 0.5) is 5.82 Å². The Morgan fingerprint density at radius 2 is 2.17 bits per heavy atom. The fraction of sp³-hybridized carbons (Fsp3) is 0.182. The SMILES string of the molecule is CCn1cc(Cl)cc1C(=O)Nc1ccc(Cl)nn1. The molecule has 0 aliphatic rings. The van der Waals surface area contributed by atoms with Crippen LogP contribution >= 0.6 is 23.2 Å². The molecule has 0 saturated carbocycles. The van der Waals surface area contributed by atoms with E-state index in [0.29, 0.717) is 23.1 Å². The number of amides is 1. The smallest absolute Gasteiger partial charge is 0.273 e. The van der Waals surface area contributed by atoms with Gasteiger partial charge >= 0.3 is 0 Å². The van der Waals surface area contributed by atoms with Gasteiger partial charge in [-0.25, -0.2) is 0 Å². The highest BCUT2D eigenvalue weighted by atomic mass is 35.5. The van der Waals surface area contributed by atoms with Crippen LogP contribution in [0.3, 0.4) is 0 Å². The molecule has 1 N–H and O–H groups in total. The summed E-state index contributed by atoms with van der Waals surface area (Å²) in [5.41, 5.74) is 0.472. The molecule has 18 heavy (non-hydrogen) atoms. The molecule has 0 radical (unpaired) electrons. The second-order valence-electron chi connectivity index (χ2n) is 3.52. The minimum absolute atomic E-state index is 0.271. The normalized spacial score (nSPS) is 10.4. The van der Waals surface area contributed by atoms with Crippen LogP contribution in [0.25, 0.3) is 0 Å². The molecule has 2 heterocycles. The number of hydrogen-bond acceptors (Lipinski definition) is 3. The summed E-state index contributed by atoms with van der Waals surface area (Å²) >= 11 is 11.5. The summed E-state index contributed by atoms with van der Waals surface area (Å²) < 4.78 is 1.75. The number of carbonyl (C=O) groups excluding carboxylic acids is 1. The fourth-order valence-electron chi connectivity index (χ4n) is 1.49. The molecule has 0 aliphatic carbocycles. The molecule has 0 aromatic carbocycles. The molecule has 1 amide bonds. The average molecular weight is 285 g/mol. The van der Waals surface area contributed by atoms with Crippen LogP contribution in [0.1, 0.15) is 17.4 Å². The van der Waals surface area contributed by atoms with Crippen LogP contribution in [0.15, 0.2) is 24.4 Å². The molecule has 94 valence electrons. The van der Waals surface area contributed by atoms with E-state index >= 15 is 0 Å². The van der Waals surface area contributed by atoms with Gasteiger partial charge in [-0.15, -0.1) is 10.2 Å². The minimum atomic E-state index is -0.291. The Kier molecular flexibility index (Phi) is 3.84. The van der Waals surface area contributed by atoms with Crippen molar-refractivity contribution in [1.82, 2.24) is 14.8 Å². The summed E-state index contributed by atoms with van der Waals surface area (Å²) in [4.78, 5) is 12.0. The summed E-state index contributed by atoms with van der Waals surface area (Å²) in [6, 6.07) is 4.73. The van der Waals surface area contributed by atoms with Crippen molar-refractivity contribution in [2.45, 2.75) is 13.5 Å². The molecule has 0 bridgehead atoms. The lowest BCUT2D eigenvalue weighted by molar-refractivity contribution is 0.101. The highest BCUT2D eigenvalue weighted by molar-refractivity contribution is 6.31. The van der Waals surface area contributed by atoms with Crippen LogP contribution in [0.5, 0.6) is 0 Å². The van der Waals surface area contributed by atoms with Gasteiger partial charge in [0.05, 0.1) is 5.02 Å². The Hall–Kier alpha value is -1.59. The number of rotatable bonds is 3. The predicted molar refractivity (Wildman–Crippen MR) is 70.1 cm³/mol. The van der Waals surface area contributed by atoms with Crippen LogP contribution in [-0.4, -0.2) is 20.7 Å². The third kappa shape index (κ3) is 2.80. The third-order valence-electron chi connectivity index (χ3n) is 2.31. The second kappa shape index (κ2) is 5.37. The first-order valence-electron chi connectivity index (χ1n) is 5.26. The zero-order valence-electron chi connectivity index (χ0n) is 9.52. The number of hydrogen-bond donors (Lipinski definition) is 1. The van der Waals surface area contributed by atoms with Crippen molar-refractivity contribution in [2.24, 2.45) is 0 Å². The van der Waals surface area contributed by atoms with Crippen LogP contribution in [0, 0.1) is 0 Å². The van der Waals surface area contributed by atoms with E-state index in [4.69, 9.17) is 23.2 Å². The second-order valence-corrected chi connectivity index (χ2v) is 4.35. The molecular formula is C11H10Cl2N4O. The number of halogens is 2. The van der Waals surface area contributed by atoms with Crippen molar-refractivity contribution in [3.63, 3.8) is 0 Å². The maximum absolute atomic E-state index is 12.0. The molecule has 0 atom stereocenters. The highest BCUT2D eigenvalue weighted by Gasteiger charge is 2.13. The summed E-state index contributed by atoms with van der Waals surface area (Å²) in [5.74, 6) is 0.0461. The number of nitrogens with zero attached hydrogens (tertiary/aromatic N) is 3. The molecule has 2 aromatic rings. The average Bonchev–Trinajstić information content (AvgIpc) is 2.73. The molecule has 0 fully saturated rings. The molecule has 2 aromatic heterocycles. The van der Waals surface area contributed by atoms with E-state index in [0.717, 1.165) is 0 Å². The molecule has 0 spiro atoms. The molecular weight excluding hydrogens is 275 g/mol. The van der Waals surface area contributed by atoms with E-state index < -0.39 is 0 Å². The van der Waals surface area contributed by atoms with E-state index in [-0.39, 0.29) is 11.1 Å². The Bertz CT molecular complexity index is 565. The molecule has 0 unspecified atom stereocenters. The first-order chi connectivity index (χ1) is 8.60. The fourth-order valence-corrected chi connectivity index (χ4v) is 1.81. The molecule has 5 nitrogen and oxygen atoms in total. The maximum Gasteiger partial charge on any atom is 0.273 e. The van der Waals surface area contributed by atoms with Crippen LogP contribution < -0.4 is 5.32 Å². The quantitative estimate of drug-likeness (QED) is 0.943. The predicted octanol–water partition coefficient (Wildman–Crippen LogP) is 2.86. The van der Waals surface area contributed by atoms with Gasteiger partial charge in [-0.05, 0) is 25.1 Å². The van der Waals surface area contributed by atoms with E-state index in [9.17, 15) is 4.79 Å².